The van der Waals surface area contributed by atoms with Crippen molar-refractivity contribution in [2.75, 3.05) is 40.1 Å². The molecule has 0 aromatic heterocycles. The molecule has 2 rings (SSSR count). The number of aryl methyl sites for hydroxylation is 2. The summed E-state index contributed by atoms with van der Waals surface area (Å²) in [5.74, 6) is -1.55. The molecule has 0 radical (unpaired) electrons. The number of rotatable bonds is 8. The van der Waals surface area contributed by atoms with E-state index in [4.69, 9.17) is 4.74 Å². The van der Waals surface area contributed by atoms with Gasteiger partial charge in [-0.05, 0) is 49.2 Å². The molecule has 1 amide bonds. The first kappa shape index (κ1) is 26.5. The van der Waals surface area contributed by atoms with Crippen LogP contribution in [-0.4, -0.2) is 72.1 Å². The lowest BCUT2D eigenvalue weighted by atomic mass is 10.1. The van der Waals surface area contributed by atoms with Crippen molar-refractivity contribution >= 4 is 37.6 Å². The lowest BCUT2D eigenvalue weighted by Crippen LogP contribution is -2.24. The van der Waals surface area contributed by atoms with Crippen LogP contribution in [0.5, 0.6) is 0 Å². The third-order valence-electron chi connectivity index (χ3n) is 4.77. The van der Waals surface area contributed by atoms with Crippen molar-refractivity contribution in [3.05, 3.63) is 53.1 Å². The summed E-state index contributed by atoms with van der Waals surface area (Å²) >= 11 is 0. The lowest BCUT2D eigenvalue weighted by molar-refractivity contribution is -0.119. The number of hydrogen-bond acceptors (Lipinski definition) is 7. The molecule has 0 aliphatic heterocycles. The van der Waals surface area contributed by atoms with E-state index in [1.165, 1.54) is 58.5 Å². The number of sulfonamides is 2. The standard InChI is InChI=1S/C21H27N3O7S2/c1-14-8-10-17(32(27,28)23(3)4)12-18(14)21(26)31-13-20(25)22-16-9-7-15(2)19(11-16)33(29,30)24(5)6/h7-12H,13H2,1-6H3,(H,22,25). The molecule has 0 heterocycles. The Balaban J connectivity index is 2.15. The molecule has 0 saturated heterocycles. The van der Waals surface area contributed by atoms with Gasteiger partial charge in [0.2, 0.25) is 20.0 Å². The molecule has 1 N–H and O–H groups in total. The zero-order chi connectivity index (χ0) is 25.1. The highest BCUT2D eigenvalue weighted by Gasteiger charge is 2.22. The van der Waals surface area contributed by atoms with E-state index in [1.54, 1.807) is 19.9 Å². The van der Waals surface area contributed by atoms with Crippen LogP contribution in [0.2, 0.25) is 0 Å². The summed E-state index contributed by atoms with van der Waals surface area (Å²) < 4.78 is 56.6. The molecule has 180 valence electrons. The van der Waals surface area contributed by atoms with E-state index in [1.807, 2.05) is 0 Å². The molecule has 0 atom stereocenters. The van der Waals surface area contributed by atoms with Crippen LogP contribution < -0.4 is 5.32 Å². The highest BCUT2D eigenvalue weighted by Crippen LogP contribution is 2.23. The second-order valence-corrected chi connectivity index (χ2v) is 11.9. The molecule has 2 aromatic rings. The first-order valence-electron chi connectivity index (χ1n) is 9.71. The van der Waals surface area contributed by atoms with Crippen molar-refractivity contribution in [1.82, 2.24) is 8.61 Å². The summed E-state index contributed by atoms with van der Waals surface area (Å²) in [4.78, 5) is 24.7. The number of hydrogen-bond donors (Lipinski definition) is 1. The summed E-state index contributed by atoms with van der Waals surface area (Å²) in [5.41, 5.74) is 1.23. The normalized spacial score (nSPS) is 12.1. The maximum atomic E-state index is 12.5. The minimum absolute atomic E-state index is 0.0143. The van der Waals surface area contributed by atoms with Gasteiger partial charge < -0.3 is 10.1 Å². The van der Waals surface area contributed by atoms with Crippen LogP contribution in [0.25, 0.3) is 0 Å². The van der Waals surface area contributed by atoms with Gasteiger partial charge in [0.25, 0.3) is 5.91 Å². The summed E-state index contributed by atoms with van der Waals surface area (Å²) in [6.07, 6.45) is 0. The molecule has 10 nitrogen and oxygen atoms in total. The van der Waals surface area contributed by atoms with Crippen molar-refractivity contribution in [3.63, 3.8) is 0 Å². The van der Waals surface area contributed by atoms with Crippen LogP contribution >= 0.6 is 0 Å². The SMILES string of the molecule is Cc1ccc(S(=O)(=O)N(C)C)cc1C(=O)OCC(=O)Nc1ccc(C)c(S(=O)(=O)N(C)C)c1. The molecule has 0 unspecified atom stereocenters. The zero-order valence-corrected chi connectivity index (χ0v) is 20.9. The van der Waals surface area contributed by atoms with Gasteiger partial charge in [0.15, 0.2) is 6.61 Å². The molecule has 0 spiro atoms. The van der Waals surface area contributed by atoms with Crippen LogP contribution in [0.4, 0.5) is 5.69 Å². The number of benzene rings is 2. The lowest BCUT2D eigenvalue weighted by Gasteiger charge is -2.15. The van der Waals surface area contributed by atoms with Crippen LogP contribution in [0.15, 0.2) is 46.2 Å². The van der Waals surface area contributed by atoms with Gasteiger partial charge in [-0.1, -0.05) is 12.1 Å². The monoisotopic (exact) mass is 497 g/mol. The third-order valence-corrected chi connectivity index (χ3v) is 8.54. The minimum atomic E-state index is -3.75. The molecule has 0 fully saturated rings. The van der Waals surface area contributed by atoms with Crippen LogP contribution in [0, 0.1) is 13.8 Å². The number of nitrogens with zero attached hydrogens (tertiary/aromatic N) is 2. The third kappa shape index (κ3) is 5.96. The minimum Gasteiger partial charge on any atom is -0.452 e. The fourth-order valence-electron chi connectivity index (χ4n) is 2.75. The molecule has 2 aromatic carbocycles. The smallest absolute Gasteiger partial charge is 0.338 e. The van der Waals surface area contributed by atoms with Crippen LogP contribution in [0.1, 0.15) is 21.5 Å². The van der Waals surface area contributed by atoms with E-state index in [-0.39, 0.29) is 21.0 Å². The van der Waals surface area contributed by atoms with E-state index in [0.29, 0.717) is 11.1 Å². The molecule has 0 bridgehead atoms. The second-order valence-electron chi connectivity index (χ2n) is 7.66. The zero-order valence-electron chi connectivity index (χ0n) is 19.2. The Morgan fingerprint density at radius 1 is 0.848 bits per heavy atom. The van der Waals surface area contributed by atoms with E-state index in [2.05, 4.69) is 5.32 Å². The van der Waals surface area contributed by atoms with E-state index in [9.17, 15) is 26.4 Å². The summed E-state index contributed by atoms with van der Waals surface area (Å²) in [5, 5.41) is 2.49. The predicted octanol–water partition coefficient (Wildman–Crippen LogP) is 1.60. The largest absolute Gasteiger partial charge is 0.452 e. The summed E-state index contributed by atoms with van der Waals surface area (Å²) in [7, 11) is -1.91. The Bertz CT molecular complexity index is 1280. The number of esters is 1. The van der Waals surface area contributed by atoms with Gasteiger partial charge in [0, 0.05) is 33.9 Å². The maximum absolute atomic E-state index is 12.5. The maximum Gasteiger partial charge on any atom is 0.338 e. The van der Waals surface area contributed by atoms with Gasteiger partial charge in [-0.3, -0.25) is 4.79 Å². The molecular weight excluding hydrogens is 470 g/mol. The first-order valence-corrected chi connectivity index (χ1v) is 12.6. The fourth-order valence-corrected chi connectivity index (χ4v) is 4.82. The van der Waals surface area contributed by atoms with E-state index < -0.39 is 38.5 Å². The number of carbonyl (C=O) groups is 2. The first-order chi connectivity index (χ1) is 15.2. The molecular formula is C21H27N3O7S2. The fraction of sp³-hybridized carbons (Fsp3) is 0.333. The second kappa shape index (κ2) is 10.00. The van der Waals surface area contributed by atoms with Crippen molar-refractivity contribution in [2.24, 2.45) is 0 Å². The van der Waals surface area contributed by atoms with E-state index in [0.717, 1.165) is 8.61 Å². The van der Waals surface area contributed by atoms with Gasteiger partial charge in [-0.2, -0.15) is 0 Å². The Kier molecular flexibility index (Phi) is 8.01. The average molecular weight is 498 g/mol. The highest BCUT2D eigenvalue weighted by molar-refractivity contribution is 7.89. The topological polar surface area (TPSA) is 130 Å². The van der Waals surface area contributed by atoms with Gasteiger partial charge in [0.05, 0.1) is 15.4 Å². The Labute approximate surface area is 194 Å². The van der Waals surface area contributed by atoms with Gasteiger partial charge in [0.1, 0.15) is 0 Å². The number of ether oxygens (including phenoxy) is 1. The average Bonchev–Trinajstić information content (AvgIpc) is 2.73. The Morgan fingerprint density at radius 2 is 1.42 bits per heavy atom. The van der Waals surface area contributed by atoms with Crippen LogP contribution in [0.3, 0.4) is 0 Å². The molecule has 12 heteroatoms. The molecule has 0 saturated carbocycles. The van der Waals surface area contributed by atoms with Gasteiger partial charge >= 0.3 is 5.97 Å². The molecule has 0 aliphatic carbocycles. The number of anilines is 1. The summed E-state index contributed by atoms with van der Waals surface area (Å²) in [6.45, 7) is 2.60. The summed E-state index contributed by atoms with van der Waals surface area (Å²) in [6, 6.07) is 8.46. The van der Waals surface area contributed by atoms with E-state index >= 15 is 0 Å². The van der Waals surface area contributed by atoms with Gasteiger partial charge in [-0.15, -0.1) is 0 Å². The number of amides is 1. The highest BCUT2D eigenvalue weighted by atomic mass is 32.2. The Morgan fingerprint density at radius 3 is 2.00 bits per heavy atom. The Hall–Kier alpha value is -2.80. The quantitative estimate of drug-likeness (QED) is 0.548. The number of nitrogens with one attached hydrogen (secondary N) is 1. The predicted molar refractivity (Wildman–Crippen MR) is 123 cm³/mol. The van der Waals surface area contributed by atoms with Crippen molar-refractivity contribution in [3.8, 4) is 0 Å². The van der Waals surface area contributed by atoms with Gasteiger partial charge in [-0.25, -0.2) is 30.2 Å². The van der Waals surface area contributed by atoms with Crippen molar-refractivity contribution < 1.29 is 31.2 Å². The van der Waals surface area contributed by atoms with Crippen LogP contribution in [-0.2, 0) is 29.6 Å². The number of carbonyl (C=O) groups excluding carboxylic acids is 2. The van der Waals surface area contributed by atoms with Crippen molar-refractivity contribution in [2.45, 2.75) is 23.6 Å². The molecule has 0 aliphatic rings. The molecule has 33 heavy (non-hydrogen) atoms. The van der Waals surface area contributed by atoms with Crippen molar-refractivity contribution in [1.29, 1.82) is 0 Å².